The highest BCUT2D eigenvalue weighted by Crippen LogP contribution is 2.22. The van der Waals surface area contributed by atoms with Gasteiger partial charge >= 0.3 is 0 Å². The van der Waals surface area contributed by atoms with Crippen LogP contribution in [0.15, 0.2) is 36.7 Å². The minimum Gasteiger partial charge on any atom is -0.388 e. The third kappa shape index (κ3) is 2.74. The fourth-order valence-corrected chi connectivity index (χ4v) is 2.09. The second kappa shape index (κ2) is 5.15. The largest absolute Gasteiger partial charge is 0.388 e. The molecule has 17 heavy (non-hydrogen) atoms. The van der Waals surface area contributed by atoms with Gasteiger partial charge in [-0.05, 0) is 23.1 Å². The van der Waals surface area contributed by atoms with Crippen molar-refractivity contribution in [2.45, 2.75) is 25.9 Å². The molecule has 2 rings (SSSR count). The first-order valence-electron chi connectivity index (χ1n) is 5.94. The average molecular weight is 230 g/mol. The zero-order valence-corrected chi connectivity index (χ0v) is 10.3. The number of hydrogen-bond donors (Lipinski definition) is 1. The third-order valence-electron chi connectivity index (χ3n) is 2.98. The second-order valence-electron chi connectivity index (χ2n) is 4.29. The van der Waals surface area contributed by atoms with Gasteiger partial charge < -0.3 is 5.11 Å². The molecule has 3 nitrogen and oxygen atoms in total. The Hall–Kier alpha value is -1.61. The summed E-state index contributed by atoms with van der Waals surface area (Å²) >= 11 is 0. The standard InChI is InChI=1S/C14H18N2O/c1-3-12-6-4-5-7-13(12)14(17)8-11-9-15-16(2)10-11/h4-7,9-10,14,17H,3,8H2,1-2H3. The Kier molecular flexibility index (Phi) is 3.59. The fraction of sp³-hybridized carbons (Fsp3) is 0.357. The number of nitrogens with zero attached hydrogens (tertiary/aromatic N) is 2. The highest BCUT2D eigenvalue weighted by atomic mass is 16.3. The third-order valence-corrected chi connectivity index (χ3v) is 2.98. The van der Waals surface area contributed by atoms with Crippen LogP contribution in [0.2, 0.25) is 0 Å². The van der Waals surface area contributed by atoms with Crippen LogP contribution >= 0.6 is 0 Å². The van der Waals surface area contributed by atoms with E-state index in [9.17, 15) is 5.11 Å². The first-order chi connectivity index (χ1) is 8.20. The maximum absolute atomic E-state index is 10.3. The highest BCUT2D eigenvalue weighted by Gasteiger charge is 2.12. The number of hydrogen-bond acceptors (Lipinski definition) is 2. The van der Waals surface area contributed by atoms with E-state index in [0.29, 0.717) is 6.42 Å². The lowest BCUT2D eigenvalue weighted by molar-refractivity contribution is 0.177. The lowest BCUT2D eigenvalue weighted by Crippen LogP contribution is -2.04. The molecule has 0 aliphatic heterocycles. The van der Waals surface area contributed by atoms with Gasteiger partial charge in [0.25, 0.3) is 0 Å². The van der Waals surface area contributed by atoms with Gasteiger partial charge in [-0.2, -0.15) is 5.10 Å². The molecule has 0 fully saturated rings. The molecule has 1 aromatic carbocycles. The van der Waals surface area contributed by atoms with E-state index in [0.717, 1.165) is 17.5 Å². The van der Waals surface area contributed by atoms with E-state index >= 15 is 0 Å². The number of rotatable bonds is 4. The molecule has 0 bridgehead atoms. The van der Waals surface area contributed by atoms with Crippen molar-refractivity contribution in [3.63, 3.8) is 0 Å². The van der Waals surface area contributed by atoms with Gasteiger partial charge in [0.1, 0.15) is 0 Å². The monoisotopic (exact) mass is 230 g/mol. The Morgan fingerprint density at radius 2 is 2.12 bits per heavy atom. The summed E-state index contributed by atoms with van der Waals surface area (Å²) in [6.07, 6.45) is 4.86. The quantitative estimate of drug-likeness (QED) is 0.875. The molecule has 1 aromatic heterocycles. The summed E-state index contributed by atoms with van der Waals surface area (Å²) in [7, 11) is 1.88. The van der Waals surface area contributed by atoms with Gasteiger partial charge in [0.2, 0.25) is 0 Å². The Morgan fingerprint density at radius 1 is 1.35 bits per heavy atom. The van der Waals surface area contributed by atoms with Crippen molar-refractivity contribution >= 4 is 0 Å². The fourth-order valence-electron chi connectivity index (χ4n) is 2.09. The molecule has 0 saturated carbocycles. The van der Waals surface area contributed by atoms with E-state index in [-0.39, 0.29) is 0 Å². The molecule has 0 radical (unpaired) electrons. The van der Waals surface area contributed by atoms with Crippen LogP contribution in [0, 0.1) is 0 Å². The molecule has 3 heteroatoms. The number of benzene rings is 1. The van der Waals surface area contributed by atoms with Crippen LogP contribution in [0.5, 0.6) is 0 Å². The first kappa shape index (κ1) is 11.9. The molecule has 0 aliphatic rings. The Labute approximate surface area is 102 Å². The maximum Gasteiger partial charge on any atom is 0.0834 e. The van der Waals surface area contributed by atoms with Crippen LogP contribution < -0.4 is 0 Å². The minimum atomic E-state index is -0.449. The summed E-state index contributed by atoms with van der Waals surface area (Å²) in [5.74, 6) is 0. The van der Waals surface area contributed by atoms with Crippen molar-refractivity contribution in [2.24, 2.45) is 7.05 Å². The zero-order chi connectivity index (χ0) is 12.3. The summed E-state index contributed by atoms with van der Waals surface area (Å²) in [6.45, 7) is 2.11. The molecule has 0 amide bonds. The van der Waals surface area contributed by atoms with Crippen molar-refractivity contribution in [3.8, 4) is 0 Å². The van der Waals surface area contributed by atoms with E-state index < -0.39 is 6.10 Å². The highest BCUT2D eigenvalue weighted by molar-refractivity contribution is 5.30. The van der Waals surface area contributed by atoms with Crippen LogP contribution in [0.25, 0.3) is 0 Å². The van der Waals surface area contributed by atoms with Gasteiger partial charge in [0.05, 0.1) is 12.3 Å². The van der Waals surface area contributed by atoms with Crippen LogP contribution in [-0.2, 0) is 19.9 Å². The SMILES string of the molecule is CCc1ccccc1C(O)Cc1cnn(C)c1. The molecule has 0 saturated heterocycles. The Balaban J connectivity index is 2.16. The van der Waals surface area contributed by atoms with Crippen LogP contribution in [0.3, 0.4) is 0 Å². The normalized spacial score (nSPS) is 12.6. The predicted octanol–water partition coefficient (Wildman–Crippen LogP) is 2.26. The molecule has 0 aliphatic carbocycles. The van der Waals surface area contributed by atoms with E-state index in [2.05, 4.69) is 18.1 Å². The number of aromatic nitrogens is 2. The van der Waals surface area contributed by atoms with Crippen molar-refractivity contribution in [2.75, 3.05) is 0 Å². The minimum absolute atomic E-state index is 0.449. The lowest BCUT2D eigenvalue weighted by atomic mass is 9.97. The molecule has 0 spiro atoms. The van der Waals surface area contributed by atoms with Gasteiger partial charge in [-0.1, -0.05) is 31.2 Å². The van der Waals surface area contributed by atoms with Crippen LogP contribution in [0.4, 0.5) is 0 Å². The second-order valence-corrected chi connectivity index (χ2v) is 4.29. The van der Waals surface area contributed by atoms with E-state index in [4.69, 9.17) is 0 Å². The number of aliphatic hydroxyl groups is 1. The van der Waals surface area contributed by atoms with Gasteiger partial charge in [-0.15, -0.1) is 0 Å². The summed E-state index contributed by atoms with van der Waals surface area (Å²) in [5, 5.41) is 14.4. The van der Waals surface area contributed by atoms with Gasteiger partial charge in [-0.25, -0.2) is 0 Å². The predicted molar refractivity (Wildman–Crippen MR) is 67.7 cm³/mol. The van der Waals surface area contributed by atoms with E-state index in [1.807, 2.05) is 31.4 Å². The first-order valence-corrected chi connectivity index (χ1v) is 5.94. The van der Waals surface area contributed by atoms with Crippen molar-refractivity contribution in [1.29, 1.82) is 0 Å². The summed E-state index contributed by atoms with van der Waals surface area (Å²) in [6, 6.07) is 8.06. The Morgan fingerprint density at radius 3 is 2.76 bits per heavy atom. The molecule has 90 valence electrons. The lowest BCUT2D eigenvalue weighted by Gasteiger charge is -2.13. The zero-order valence-electron chi connectivity index (χ0n) is 10.3. The van der Waals surface area contributed by atoms with Crippen molar-refractivity contribution < 1.29 is 5.11 Å². The van der Waals surface area contributed by atoms with Gasteiger partial charge in [0, 0.05) is 19.7 Å². The molecule has 1 N–H and O–H groups in total. The van der Waals surface area contributed by atoms with E-state index in [1.165, 1.54) is 5.56 Å². The Bertz CT molecular complexity index is 490. The van der Waals surface area contributed by atoms with E-state index in [1.54, 1.807) is 10.9 Å². The molecular formula is C14H18N2O. The summed E-state index contributed by atoms with van der Waals surface area (Å²) < 4.78 is 1.76. The molecule has 2 aromatic rings. The van der Waals surface area contributed by atoms with Gasteiger partial charge in [-0.3, -0.25) is 4.68 Å². The summed E-state index contributed by atoms with van der Waals surface area (Å²) in [4.78, 5) is 0. The molecular weight excluding hydrogens is 212 g/mol. The topological polar surface area (TPSA) is 38.1 Å². The van der Waals surface area contributed by atoms with Crippen molar-refractivity contribution in [3.05, 3.63) is 53.3 Å². The summed E-state index contributed by atoms with van der Waals surface area (Å²) in [5.41, 5.74) is 3.30. The molecule has 1 atom stereocenters. The smallest absolute Gasteiger partial charge is 0.0834 e. The average Bonchev–Trinajstić information content (AvgIpc) is 2.74. The van der Waals surface area contributed by atoms with Crippen LogP contribution in [0.1, 0.15) is 29.7 Å². The molecule has 1 heterocycles. The number of aliphatic hydroxyl groups excluding tert-OH is 1. The number of aryl methyl sites for hydroxylation is 2. The van der Waals surface area contributed by atoms with Crippen molar-refractivity contribution in [1.82, 2.24) is 9.78 Å². The van der Waals surface area contributed by atoms with Crippen LogP contribution in [-0.4, -0.2) is 14.9 Å². The molecule has 1 unspecified atom stereocenters. The maximum atomic E-state index is 10.3. The van der Waals surface area contributed by atoms with Gasteiger partial charge in [0.15, 0.2) is 0 Å².